The molecule has 1 fully saturated rings. The molecule has 1 aromatic heterocycles. The van der Waals surface area contributed by atoms with E-state index in [1.807, 2.05) is 13.8 Å². The van der Waals surface area contributed by atoms with E-state index in [1.54, 1.807) is 11.0 Å². The minimum absolute atomic E-state index is 0.0469. The van der Waals surface area contributed by atoms with Crippen LogP contribution < -0.4 is 10.1 Å². The van der Waals surface area contributed by atoms with E-state index in [0.717, 1.165) is 17.7 Å². The Morgan fingerprint density at radius 1 is 1.09 bits per heavy atom. The van der Waals surface area contributed by atoms with Crippen molar-refractivity contribution in [1.82, 2.24) is 10.2 Å². The number of hydrogen-bond acceptors (Lipinski definition) is 7. The Kier molecular flexibility index (Phi) is 10.2. The van der Waals surface area contributed by atoms with Gasteiger partial charge in [-0.2, -0.15) is 0 Å². The topological polar surface area (TPSA) is 139 Å². The standard InChI is InChI=1S/C19H22F2N2O4.C4H4O4/c1-12-7-22-8-13(2)23(12)19(24)27-11-16-17(20)5-15(6-18(16)21)26-10-14-3-4-25-9-14;5-3(6)1-2-4(7)8/h3-6,9,12-13,22H,7-8,10-11H2,1-2H3;1-2H,(H,5,6)(H,7,8)/t12-,13+;. The summed E-state index contributed by atoms with van der Waals surface area (Å²) < 4.78 is 44.0. The maximum absolute atomic E-state index is 14.3. The number of amides is 1. The van der Waals surface area contributed by atoms with Crippen molar-refractivity contribution in [2.45, 2.75) is 39.1 Å². The lowest BCUT2D eigenvalue weighted by Gasteiger charge is -2.38. The first-order chi connectivity index (χ1) is 16.6. The van der Waals surface area contributed by atoms with E-state index >= 15 is 0 Å². The Balaban J connectivity index is 0.000000466. The molecule has 2 aromatic rings. The van der Waals surface area contributed by atoms with E-state index in [1.165, 1.54) is 12.5 Å². The first-order valence-electron chi connectivity index (χ1n) is 10.5. The summed E-state index contributed by atoms with van der Waals surface area (Å²) in [5.41, 5.74) is 0.433. The van der Waals surface area contributed by atoms with Crippen LogP contribution >= 0.6 is 0 Å². The van der Waals surface area contributed by atoms with Crippen molar-refractivity contribution >= 4 is 18.0 Å². The van der Waals surface area contributed by atoms with Crippen LogP contribution in [0.3, 0.4) is 0 Å². The summed E-state index contributed by atoms with van der Waals surface area (Å²) in [5.74, 6) is -4.12. The Morgan fingerprint density at radius 2 is 1.66 bits per heavy atom. The number of halogens is 2. The number of carbonyl (C=O) groups excluding carboxylic acids is 1. The molecule has 3 rings (SSSR count). The molecular weight excluding hydrogens is 470 g/mol. The third kappa shape index (κ3) is 8.74. The fourth-order valence-corrected chi connectivity index (χ4v) is 3.19. The Bertz CT molecular complexity index is 993. The SMILES string of the molecule is C[C@@H]1CNC[C@H](C)N1C(=O)OCc1c(F)cc(OCc2ccoc2)cc1F.O=C(O)C=CC(=O)O. The van der Waals surface area contributed by atoms with Gasteiger partial charge in [0.25, 0.3) is 0 Å². The molecule has 0 aliphatic carbocycles. The van der Waals surface area contributed by atoms with Crippen molar-refractivity contribution in [3.05, 3.63) is 65.6 Å². The van der Waals surface area contributed by atoms with E-state index < -0.39 is 36.3 Å². The van der Waals surface area contributed by atoms with Gasteiger partial charge in [-0.15, -0.1) is 0 Å². The molecule has 35 heavy (non-hydrogen) atoms. The van der Waals surface area contributed by atoms with E-state index in [-0.39, 0.29) is 30.0 Å². The number of carboxylic acid groups (broad SMARTS) is 2. The average molecular weight is 496 g/mol. The zero-order valence-corrected chi connectivity index (χ0v) is 19.1. The molecule has 1 aliphatic rings. The van der Waals surface area contributed by atoms with Crippen molar-refractivity contribution in [1.29, 1.82) is 0 Å². The Hall–Kier alpha value is -3.93. The van der Waals surface area contributed by atoms with Gasteiger partial charge in [0.15, 0.2) is 0 Å². The predicted molar refractivity (Wildman–Crippen MR) is 118 cm³/mol. The third-order valence-electron chi connectivity index (χ3n) is 4.85. The number of nitrogens with zero attached hydrogens (tertiary/aromatic N) is 1. The number of nitrogens with one attached hydrogen (secondary N) is 1. The van der Waals surface area contributed by atoms with Crippen LogP contribution in [-0.2, 0) is 27.5 Å². The number of piperazine rings is 1. The van der Waals surface area contributed by atoms with Gasteiger partial charge >= 0.3 is 18.0 Å². The third-order valence-corrected chi connectivity index (χ3v) is 4.85. The number of hydrogen-bond donors (Lipinski definition) is 3. The van der Waals surface area contributed by atoms with Crippen molar-refractivity contribution in [2.75, 3.05) is 13.1 Å². The molecule has 0 radical (unpaired) electrons. The Labute approximate surface area is 199 Å². The monoisotopic (exact) mass is 496 g/mol. The van der Waals surface area contributed by atoms with Gasteiger partial charge in [-0.25, -0.2) is 23.2 Å². The molecule has 0 unspecified atom stereocenters. The van der Waals surface area contributed by atoms with E-state index in [0.29, 0.717) is 25.2 Å². The highest BCUT2D eigenvalue weighted by atomic mass is 19.1. The highest BCUT2D eigenvalue weighted by Crippen LogP contribution is 2.23. The second-order valence-electron chi connectivity index (χ2n) is 7.61. The van der Waals surface area contributed by atoms with Crippen LogP contribution in [0.4, 0.5) is 13.6 Å². The van der Waals surface area contributed by atoms with Crippen LogP contribution in [0.25, 0.3) is 0 Å². The van der Waals surface area contributed by atoms with Crippen LogP contribution in [0.15, 0.2) is 47.3 Å². The summed E-state index contributed by atoms with van der Waals surface area (Å²) in [5, 5.41) is 18.8. The molecule has 1 saturated heterocycles. The zero-order chi connectivity index (χ0) is 26.0. The summed E-state index contributed by atoms with van der Waals surface area (Å²) >= 11 is 0. The summed E-state index contributed by atoms with van der Waals surface area (Å²) in [6.45, 7) is 4.70. The number of aliphatic carboxylic acids is 2. The van der Waals surface area contributed by atoms with Gasteiger partial charge in [-0.05, 0) is 19.9 Å². The largest absolute Gasteiger partial charge is 0.489 e. The van der Waals surface area contributed by atoms with Gasteiger partial charge in [0.05, 0.1) is 18.1 Å². The quantitative estimate of drug-likeness (QED) is 0.493. The molecule has 3 N–H and O–H groups in total. The zero-order valence-electron chi connectivity index (χ0n) is 19.1. The second kappa shape index (κ2) is 13.1. The summed E-state index contributed by atoms with van der Waals surface area (Å²) in [6.07, 6.45) is 3.50. The van der Waals surface area contributed by atoms with Crippen molar-refractivity contribution in [2.24, 2.45) is 0 Å². The number of carbonyl (C=O) groups is 3. The smallest absolute Gasteiger partial charge is 0.410 e. The predicted octanol–water partition coefficient (Wildman–Crippen LogP) is 3.17. The van der Waals surface area contributed by atoms with Crippen molar-refractivity contribution in [3.8, 4) is 5.75 Å². The molecule has 1 aliphatic heterocycles. The fourth-order valence-electron chi connectivity index (χ4n) is 3.19. The van der Waals surface area contributed by atoms with Gasteiger partial charge in [0, 0.05) is 55.0 Å². The van der Waals surface area contributed by atoms with Gasteiger partial charge < -0.3 is 34.3 Å². The van der Waals surface area contributed by atoms with Crippen LogP contribution in [0.1, 0.15) is 25.0 Å². The molecular formula is C23H26F2N2O8. The summed E-state index contributed by atoms with van der Waals surface area (Å²) in [6, 6.07) is 3.72. The first kappa shape index (κ1) is 27.3. The second-order valence-corrected chi connectivity index (χ2v) is 7.61. The number of ether oxygens (including phenoxy) is 2. The molecule has 1 aromatic carbocycles. The molecule has 190 valence electrons. The number of furan rings is 1. The van der Waals surface area contributed by atoms with Crippen LogP contribution in [0, 0.1) is 11.6 Å². The van der Waals surface area contributed by atoms with Gasteiger partial charge in [-0.3, -0.25) is 0 Å². The lowest BCUT2D eigenvalue weighted by atomic mass is 10.1. The molecule has 10 nitrogen and oxygen atoms in total. The first-order valence-corrected chi connectivity index (χ1v) is 10.5. The Morgan fingerprint density at radius 3 is 2.14 bits per heavy atom. The molecule has 0 spiro atoms. The number of benzene rings is 1. The van der Waals surface area contributed by atoms with Crippen LogP contribution in [0.2, 0.25) is 0 Å². The van der Waals surface area contributed by atoms with Crippen molar-refractivity contribution in [3.63, 3.8) is 0 Å². The molecule has 0 saturated carbocycles. The van der Waals surface area contributed by atoms with Crippen LogP contribution in [0.5, 0.6) is 5.75 Å². The summed E-state index contributed by atoms with van der Waals surface area (Å²) in [4.78, 5) is 33.0. The van der Waals surface area contributed by atoms with Gasteiger partial charge in [0.2, 0.25) is 0 Å². The number of carboxylic acids is 2. The van der Waals surface area contributed by atoms with E-state index in [9.17, 15) is 23.2 Å². The molecule has 2 atom stereocenters. The number of rotatable bonds is 7. The van der Waals surface area contributed by atoms with Crippen molar-refractivity contribution < 1.29 is 47.3 Å². The van der Waals surface area contributed by atoms with Gasteiger partial charge in [0.1, 0.15) is 30.6 Å². The van der Waals surface area contributed by atoms with E-state index in [4.69, 9.17) is 24.1 Å². The molecule has 1 amide bonds. The fraction of sp³-hybridized carbons (Fsp3) is 0.348. The summed E-state index contributed by atoms with van der Waals surface area (Å²) in [7, 11) is 0. The maximum Gasteiger partial charge on any atom is 0.410 e. The average Bonchev–Trinajstić information content (AvgIpc) is 3.30. The molecule has 12 heteroatoms. The normalized spacial score (nSPS) is 17.4. The van der Waals surface area contributed by atoms with E-state index in [2.05, 4.69) is 5.32 Å². The van der Waals surface area contributed by atoms with Gasteiger partial charge in [-0.1, -0.05) is 0 Å². The minimum Gasteiger partial charge on any atom is -0.489 e. The molecule has 2 heterocycles. The highest BCUT2D eigenvalue weighted by molar-refractivity contribution is 5.89. The highest BCUT2D eigenvalue weighted by Gasteiger charge is 2.30. The lowest BCUT2D eigenvalue weighted by Crippen LogP contribution is -2.57. The van der Waals surface area contributed by atoms with Crippen LogP contribution in [-0.4, -0.2) is 58.3 Å². The molecule has 0 bridgehead atoms. The lowest BCUT2D eigenvalue weighted by molar-refractivity contribution is -0.134. The minimum atomic E-state index is -1.26. The maximum atomic E-state index is 14.3.